The van der Waals surface area contributed by atoms with Gasteiger partial charge in [0, 0.05) is 25.6 Å². The van der Waals surface area contributed by atoms with E-state index >= 15 is 0 Å². The second-order valence-corrected chi connectivity index (χ2v) is 13.4. The fourth-order valence-corrected chi connectivity index (χ4v) is 6.00. The van der Waals surface area contributed by atoms with Gasteiger partial charge >= 0.3 is 12.1 Å². The highest BCUT2D eigenvalue weighted by Crippen LogP contribution is 2.42. The SMILES string of the molecule is CCOC(=O)CC(c1ccccc1)N1C(=O)c2cc(CCC(=O)NCCNC(=O)OC(C)(C)C)ccc2N(C(C)C)C(=O)C1c1ccccc1. The average Bonchev–Trinajstić information content (AvgIpc) is 3.16. The monoisotopic (exact) mass is 684 g/mol. The molecule has 1 aliphatic heterocycles. The van der Waals surface area contributed by atoms with Gasteiger partial charge in [0.15, 0.2) is 0 Å². The van der Waals surface area contributed by atoms with Gasteiger partial charge < -0.3 is 29.9 Å². The summed E-state index contributed by atoms with van der Waals surface area (Å²) < 4.78 is 10.6. The molecule has 0 fully saturated rings. The average molecular weight is 685 g/mol. The van der Waals surface area contributed by atoms with Gasteiger partial charge in [-0.05, 0) is 76.8 Å². The zero-order valence-electron chi connectivity index (χ0n) is 29.7. The molecule has 11 heteroatoms. The Morgan fingerprint density at radius 2 is 1.52 bits per heavy atom. The van der Waals surface area contributed by atoms with Crippen molar-refractivity contribution in [2.75, 3.05) is 24.6 Å². The van der Waals surface area contributed by atoms with E-state index in [2.05, 4.69) is 10.6 Å². The number of amides is 4. The Bertz CT molecular complexity index is 1650. The minimum absolute atomic E-state index is 0.137. The molecule has 0 bridgehead atoms. The van der Waals surface area contributed by atoms with Gasteiger partial charge in [-0.3, -0.25) is 19.2 Å². The summed E-state index contributed by atoms with van der Waals surface area (Å²) in [5, 5.41) is 5.40. The first-order chi connectivity index (χ1) is 23.8. The molecule has 4 amide bonds. The van der Waals surface area contributed by atoms with Crippen LogP contribution in [0.4, 0.5) is 10.5 Å². The van der Waals surface area contributed by atoms with E-state index in [1.54, 1.807) is 44.7 Å². The van der Waals surface area contributed by atoms with E-state index in [0.29, 0.717) is 28.8 Å². The lowest BCUT2D eigenvalue weighted by molar-refractivity contribution is -0.145. The van der Waals surface area contributed by atoms with Gasteiger partial charge in [-0.15, -0.1) is 0 Å². The summed E-state index contributed by atoms with van der Waals surface area (Å²) >= 11 is 0. The van der Waals surface area contributed by atoms with E-state index in [1.807, 2.05) is 80.6 Å². The number of aryl methyl sites for hydroxylation is 1. The molecule has 0 radical (unpaired) electrons. The van der Waals surface area contributed by atoms with Gasteiger partial charge in [-0.25, -0.2) is 4.79 Å². The fourth-order valence-electron chi connectivity index (χ4n) is 6.00. The molecule has 50 heavy (non-hydrogen) atoms. The van der Waals surface area contributed by atoms with E-state index in [9.17, 15) is 24.0 Å². The number of hydrogen-bond donors (Lipinski definition) is 2. The Labute approximate surface area is 294 Å². The second-order valence-electron chi connectivity index (χ2n) is 13.4. The van der Waals surface area contributed by atoms with Crippen molar-refractivity contribution in [2.24, 2.45) is 0 Å². The molecule has 1 aliphatic rings. The van der Waals surface area contributed by atoms with Crippen LogP contribution in [0, 0.1) is 0 Å². The third-order valence-corrected chi connectivity index (χ3v) is 8.11. The van der Waals surface area contributed by atoms with Gasteiger partial charge in [-0.2, -0.15) is 0 Å². The lowest BCUT2D eigenvalue weighted by atomic mass is 9.95. The van der Waals surface area contributed by atoms with Crippen LogP contribution in [0.15, 0.2) is 78.9 Å². The number of benzene rings is 3. The molecule has 0 saturated carbocycles. The number of nitrogens with one attached hydrogen (secondary N) is 2. The Morgan fingerprint density at radius 3 is 2.14 bits per heavy atom. The number of carbonyl (C=O) groups excluding carboxylic acids is 5. The lowest BCUT2D eigenvalue weighted by Gasteiger charge is -2.37. The van der Waals surface area contributed by atoms with Crippen molar-refractivity contribution in [3.05, 3.63) is 101 Å². The Morgan fingerprint density at radius 1 is 0.880 bits per heavy atom. The molecule has 2 unspecified atom stereocenters. The van der Waals surface area contributed by atoms with Crippen LogP contribution in [-0.2, 0) is 30.3 Å². The number of esters is 1. The topological polar surface area (TPSA) is 134 Å². The number of alkyl carbamates (subject to hydrolysis) is 1. The van der Waals surface area contributed by atoms with Crippen molar-refractivity contribution in [3.8, 4) is 0 Å². The summed E-state index contributed by atoms with van der Waals surface area (Å²) in [6.07, 6.45) is -0.248. The highest BCUT2D eigenvalue weighted by molar-refractivity contribution is 6.11. The third kappa shape index (κ3) is 9.71. The van der Waals surface area contributed by atoms with Crippen LogP contribution in [0.1, 0.15) is 93.5 Å². The molecule has 266 valence electrons. The number of ether oxygens (including phenoxy) is 2. The van der Waals surface area contributed by atoms with Crippen molar-refractivity contribution >= 4 is 35.5 Å². The van der Waals surface area contributed by atoms with Gasteiger partial charge in [0.1, 0.15) is 11.6 Å². The zero-order chi connectivity index (χ0) is 36.4. The largest absolute Gasteiger partial charge is 0.466 e. The number of fused-ring (bicyclic) bond motifs is 1. The molecular formula is C39H48N4O7. The van der Waals surface area contributed by atoms with Crippen LogP contribution in [0.3, 0.4) is 0 Å². The number of rotatable bonds is 13. The molecule has 0 spiro atoms. The predicted molar refractivity (Wildman–Crippen MR) is 190 cm³/mol. The normalized spacial score (nSPS) is 15.2. The van der Waals surface area contributed by atoms with E-state index in [1.165, 1.54) is 4.90 Å². The van der Waals surface area contributed by atoms with Crippen LogP contribution < -0.4 is 15.5 Å². The van der Waals surface area contributed by atoms with Gasteiger partial charge in [-0.1, -0.05) is 66.7 Å². The molecule has 3 aromatic rings. The lowest BCUT2D eigenvalue weighted by Crippen LogP contribution is -2.46. The van der Waals surface area contributed by atoms with Crippen molar-refractivity contribution in [1.82, 2.24) is 15.5 Å². The first-order valence-electron chi connectivity index (χ1n) is 17.1. The second kappa shape index (κ2) is 17.0. The predicted octanol–water partition coefficient (Wildman–Crippen LogP) is 5.89. The third-order valence-electron chi connectivity index (χ3n) is 8.11. The highest BCUT2D eigenvalue weighted by Gasteiger charge is 2.45. The highest BCUT2D eigenvalue weighted by atomic mass is 16.6. The molecule has 4 rings (SSSR count). The summed E-state index contributed by atoms with van der Waals surface area (Å²) in [5.41, 5.74) is 2.18. The molecule has 11 nitrogen and oxygen atoms in total. The van der Waals surface area contributed by atoms with Crippen LogP contribution in [-0.4, -0.2) is 66.0 Å². The first kappa shape index (κ1) is 37.6. The molecule has 0 aliphatic carbocycles. The van der Waals surface area contributed by atoms with Gasteiger partial charge in [0.25, 0.3) is 11.8 Å². The standard InChI is InChI=1S/C39H48N4O7/c1-7-49-34(45)25-32(28-14-10-8-11-15-28)43-35(29-16-12-9-13-17-29)37(47)42(26(2)3)31-20-18-27(24-30(31)36(43)46)19-21-33(44)40-22-23-41-38(48)50-39(4,5)6/h8-18,20,24,26,32,35H,7,19,21-23,25H2,1-6H3,(H,40,44)(H,41,48). The number of nitrogens with zero attached hydrogens (tertiary/aromatic N) is 2. The summed E-state index contributed by atoms with van der Waals surface area (Å²) in [6, 6.07) is 21.5. The van der Waals surface area contributed by atoms with Crippen LogP contribution >= 0.6 is 0 Å². The maximum absolute atomic E-state index is 15.0. The minimum Gasteiger partial charge on any atom is -0.466 e. The molecule has 1 heterocycles. The Kier molecular flexibility index (Phi) is 12.8. The number of carbonyl (C=O) groups is 5. The molecule has 2 N–H and O–H groups in total. The number of anilines is 1. The van der Waals surface area contributed by atoms with E-state index in [-0.39, 0.29) is 50.4 Å². The van der Waals surface area contributed by atoms with Crippen LogP contribution in [0.2, 0.25) is 0 Å². The summed E-state index contributed by atoms with van der Waals surface area (Å²) in [6.45, 7) is 11.4. The molecule has 0 saturated heterocycles. The molecule has 3 aromatic carbocycles. The fraction of sp³-hybridized carbons (Fsp3) is 0.410. The minimum atomic E-state index is -1.04. The van der Waals surface area contributed by atoms with Crippen LogP contribution in [0.25, 0.3) is 0 Å². The van der Waals surface area contributed by atoms with E-state index in [0.717, 1.165) is 5.56 Å². The maximum atomic E-state index is 15.0. The summed E-state index contributed by atoms with van der Waals surface area (Å²) in [5.74, 6) is -1.42. The summed E-state index contributed by atoms with van der Waals surface area (Å²) in [4.78, 5) is 70.5. The summed E-state index contributed by atoms with van der Waals surface area (Å²) in [7, 11) is 0. The smallest absolute Gasteiger partial charge is 0.407 e. The van der Waals surface area contributed by atoms with Gasteiger partial charge in [0.2, 0.25) is 5.91 Å². The van der Waals surface area contributed by atoms with Crippen molar-refractivity contribution in [2.45, 2.75) is 84.5 Å². The van der Waals surface area contributed by atoms with Gasteiger partial charge in [0.05, 0.1) is 30.3 Å². The van der Waals surface area contributed by atoms with Crippen molar-refractivity contribution in [3.63, 3.8) is 0 Å². The Balaban J connectivity index is 1.67. The van der Waals surface area contributed by atoms with Crippen molar-refractivity contribution < 1.29 is 33.4 Å². The van der Waals surface area contributed by atoms with E-state index in [4.69, 9.17) is 9.47 Å². The Hall–Kier alpha value is -5.19. The maximum Gasteiger partial charge on any atom is 0.407 e. The zero-order valence-corrected chi connectivity index (χ0v) is 29.7. The van der Waals surface area contributed by atoms with Crippen molar-refractivity contribution in [1.29, 1.82) is 0 Å². The molecule has 2 atom stereocenters. The van der Waals surface area contributed by atoms with Crippen LogP contribution in [0.5, 0.6) is 0 Å². The first-order valence-corrected chi connectivity index (χ1v) is 17.1. The quantitative estimate of drug-likeness (QED) is 0.169. The molecule has 0 aromatic heterocycles. The number of hydrogen-bond acceptors (Lipinski definition) is 7. The van der Waals surface area contributed by atoms with E-state index < -0.39 is 35.7 Å². The molecular weight excluding hydrogens is 636 g/mol.